The van der Waals surface area contributed by atoms with E-state index in [4.69, 9.17) is 39.8 Å². The van der Waals surface area contributed by atoms with Crippen molar-refractivity contribution >= 4 is 78.4 Å². The van der Waals surface area contributed by atoms with Gasteiger partial charge in [-0.2, -0.15) is 19.0 Å². The van der Waals surface area contributed by atoms with Crippen LogP contribution < -0.4 is 15.6 Å². The van der Waals surface area contributed by atoms with Gasteiger partial charge in [-0.15, -0.1) is 0 Å². The van der Waals surface area contributed by atoms with Crippen LogP contribution in [0.5, 0.6) is 0 Å². The first-order chi connectivity index (χ1) is 29.7. The van der Waals surface area contributed by atoms with E-state index in [2.05, 4.69) is 20.2 Å². The monoisotopic (exact) mass is 948 g/mol. The third-order valence-electron chi connectivity index (χ3n) is 11.0. The molecule has 0 bridgehead atoms. The van der Waals surface area contributed by atoms with E-state index in [1.54, 1.807) is 18.2 Å². The summed E-state index contributed by atoms with van der Waals surface area (Å²) in [6.45, 7) is -0.997. The highest BCUT2D eigenvalue weighted by molar-refractivity contribution is 7.92. The van der Waals surface area contributed by atoms with Crippen LogP contribution in [0.3, 0.4) is 0 Å². The summed E-state index contributed by atoms with van der Waals surface area (Å²) in [6.07, 6.45) is -2.81. The van der Waals surface area contributed by atoms with Gasteiger partial charge in [-0.05, 0) is 72.0 Å². The van der Waals surface area contributed by atoms with Gasteiger partial charge in [0.05, 0.1) is 44.8 Å². The van der Waals surface area contributed by atoms with Gasteiger partial charge in [0.25, 0.3) is 17.9 Å². The van der Waals surface area contributed by atoms with Crippen LogP contribution in [0, 0.1) is 17.6 Å². The molecule has 2 aliphatic rings. The van der Waals surface area contributed by atoms with Crippen LogP contribution in [0.25, 0.3) is 38.6 Å². The summed E-state index contributed by atoms with van der Waals surface area (Å²) < 4.78 is 119. The molecule has 4 aromatic carbocycles. The number of rotatable bonds is 11. The molecule has 326 valence electrons. The summed E-state index contributed by atoms with van der Waals surface area (Å²) in [5, 5.41) is 11.4. The van der Waals surface area contributed by atoms with Crippen molar-refractivity contribution < 1.29 is 39.6 Å². The first-order valence-electron chi connectivity index (χ1n) is 18.9. The first kappa shape index (κ1) is 42.7. The zero-order valence-electron chi connectivity index (χ0n) is 32.4. The average Bonchev–Trinajstić information content (AvgIpc) is 3.72. The number of sulfonamides is 1. The van der Waals surface area contributed by atoms with Gasteiger partial charge in [0, 0.05) is 46.6 Å². The van der Waals surface area contributed by atoms with Crippen LogP contribution in [0.15, 0.2) is 71.5 Å². The number of benzene rings is 4. The maximum absolute atomic E-state index is 15.5. The highest BCUT2D eigenvalue weighted by Crippen LogP contribution is 2.68. The van der Waals surface area contributed by atoms with Gasteiger partial charge in [-0.25, -0.2) is 31.0 Å². The predicted octanol–water partition coefficient (Wildman–Crippen LogP) is 8.99. The van der Waals surface area contributed by atoms with Crippen molar-refractivity contribution in [1.82, 2.24) is 34.4 Å². The number of aryl methyl sites for hydroxylation is 1. The summed E-state index contributed by atoms with van der Waals surface area (Å²) >= 11 is 19.3. The quantitative estimate of drug-likeness (QED) is 0.123. The van der Waals surface area contributed by atoms with Crippen LogP contribution in [0.1, 0.15) is 53.1 Å². The maximum Gasteiger partial charge on any atom is 0.293 e. The van der Waals surface area contributed by atoms with E-state index < -0.39 is 87.7 Å². The minimum atomic E-state index is -3.92. The van der Waals surface area contributed by atoms with Crippen molar-refractivity contribution in [3.05, 3.63) is 132 Å². The largest absolute Gasteiger partial charge is 0.344 e. The Hall–Kier alpha value is -5.63. The summed E-state index contributed by atoms with van der Waals surface area (Å²) in [5.41, 5.74) is -1.65. The van der Waals surface area contributed by atoms with E-state index in [0.717, 1.165) is 23.0 Å². The van der Waals surface area contributed by atoms with Crippen molar-refractivity contribution in [3.63, 3.8) is 0 Å². The topological polar surface area (TPSA) is 146 Å². The summed E-state index contributed by atoms with van der Waals surface area (Å²) in [7, 11) is -2.48. The molecular formula is C41H29Cl3F6N8O4S. The number of alkyl halides is 4. The molecule has 7 aromatic rings. The number of nitrogens with one attached hydrogen (secondary N) is 2. The van der Waals surface area contributed by atoms with Gasteiger partial charge in [0.2, 0.25) is 15.9 Å². The van der Waals surface area contributed by atoms with E-state index in [1.807, 2.05) is 0 Å². The van der Waals surface area contributed by atoms with Crippen LogP contribution in [-0.4, -0.2) is 49.7 Å². The fraction of sp³-hybridized carbons (Fsp3) is 0.244. The molecule has 0 aliphatic heterocycles. The number of carbonyl (C=O) groups excluding carboxylic acids is 1. The second kappa shape index (κ2) is 15.3. The molecule has 0 radical (unpaired) electrons. The average molecular weight is 950 g/mol. The number of hydrogen-bond acceptors (Lipinski definition) is 7. The van der Waals surface area contributed by atoms with Crippen molar-refractivity contribution in [2.24, 2.45) is 13.0 Å². The van der Waals surface area contributed by atoms with Gasteiger partial charge in [0.1, 0.15) is 35.4 Å². The smallest absolute Gasteiger partial charge is 0.293 e. The van der Waals surface area contributed by atoms with E-state index in [1.165, 1.54) is 42.1 Å². The van der Waals surface area contributed by atoms with Crippen molar-refractivity contribution in [1.29, 1.82) is 0 Å². The number of anilines is 1. The second-order valence-corrected chi connectivity index (χ2v) is 18.4. The van der Waals surface area contributed by atoms with E-state index in [9.17, 15) is 30.8 Å². The Morgan fingerprint density at radius 1 is 0.968 bits per heavy atom. The Bertz CT molecular complexity index is 3250. The molecule has 3 heterocycles. The standard InChI is InChI=1S/C41H29Cl3F6N8O4S/c1-56-35-30(8-7-26(43)33(35)38(54-56)55-63(2,61)62)58-39(52-28-12-18(3-5-23(28)40(58)60)22-6-4-19(42)13-27(22)44)29(11-17-9-20(45)14-21(46)10-17)51-31(59)16-57-36-32(34(53-57)37(47)48)24-15-25(24)41(36,49)50/h3-10,12-14,24-25,29,37H,11,15-16H2,1-2H3,(H,51,59)(H,54,55)/t24-,25+,29-/m0/s1. The molecule has 1 saturated carbocycles. The second-order valence-electron chi connectivity index (χ2n) is 15.4. The van der Waals surface area contributed by atoms with Gasteiger partial charge >= 0.3 is 0 Å². The van der Waals surface area contributed by atoms with E-state index >= 15 is 13.6 Å². The molecule has 63 heavy (non-hydrogen) atoms. The fourth-order valence-corrected chi connectivity index (χ4v) is 9.72. The lowest BCUT2D eigenvalue weighted by atomic mass is 10.0. The highest BCUT2D eigenvalue weighted by Gasteiger charge is 2.67. The van der Waals surface area contributed by atoms with Crippen LogP contribution in [0.4, 0.5) is 32.2 Å². The third kappa shape index (κ3) is 7.57. The normalized spacial score (nSPS) is 17.0. The number of halogens is 9. The van der Waals surface area contributed by atoms with Crippen molar-refractivity contribution in [2.45, 2.75) is 43.7 Å². The first-order valence-corrected chi connectivity index (χ1v) is 21.9. The zero-order valence-corrected chi connectivity index (χ0v) is 35.5. The minimum absolute atomic E-state index is 0.000170. The molecule has 0 unspecified atom stereocenters. The van der Waals surface area contributed by atoms with Crippen molar-refractivity contribution in [3.8, 4) is 16.8 Å². The lowest BCUT2D eigenvalue weighted by Crippen LogP contribution is -2.38. The van der Waals surface area contributed by atoms with E-state index in [0.29, 0.717) is 26.9 Å². The Labute approximate surface area is 367 Å². The maximum atomic E-state index is 15.5. The molecule has 1 fully saturated rings. The molecule has 3 atom stereocenters. The molecular weight excluding hydrogens is 921 g/mol. The van der Waals surface area contributed by atoms with Gasteiger partial charge in [-0.3, -0.25) is 28.2 Å². The molecule has 12 nitrogen and oxygen atoms in total. The number of fused-ring (bicyclic) bond motifs is 5. The Morgan fingerprint density at radius 3 is 2.38 bits per heavy atom. The number of hydrogen-bond donors (Lipinski definition) is 2. The van der Waals surface area contributed by atoms with Crippen LogP contribution in [-0.2, 0) is 40.8 Å². The lowest BCUT2D eigenvalue weighted by Gasteiger charge is -2.24. The summed E-state index contributed by atoms with van der Waals surface area (Å²) in [4.78, 5) is 34.1. The molecule has 0 saturated heterocycles. The number of amides is 1. The number of aromatic nitrogens is 6. The third-order valence-corrected chi connectivity index (χ3v) is 12.5. The Balaban J connectivity index is 1.26. The zero-order chi connectivity index (χ0) is 45.0. The lowest BCUT2D eigenvalue weighted by molar-refractivity contribution is -0.123. The molecule has 2 N–H and O–H groups in total. The number of carbonyl (C=O) groups is 1. The van der Waals surface area contributed by atoms with Gasteiger partial charge in [-0.1, -0.05) is 46.9 Å². The minimum Gasteiger partial charge on any atom is -0.344 e. The Kier molecular flexibility index (Phi) is 10.3. The van der Waals surface area contributed by atoms with Crippen LogP contribution >= 0.6 is 34.8 Å². The molecule has 3 aromatic heterocycles. The Morgan fingerprint density at radius 2 is 1.70 bits per heavy atom. The van der Waals surface area contributed by atoms with Crippen molar-refractivity contribution in [2.75, 3.05) is 11.0 Å². The number of nitrogens with zero attached hydrogens (tertiary/aromatic N) is 6. The van der Waals surface area contributed by atoms with E-state index in [-0.39, 0.29) is 66.7 Å². The summed E-state index contributed by atoms with van der Waals surface area (Å²) in [6, 6.07) is 13.1. The van der Waals surface area contributed by atoms with Crippen LogP contribution in [0.2, 0.25) is 15.1 Å². The highest BCUT2D eigenvalue weighted by atomic mass is 35.5. The van der Waals surface area contributed by atoms with Gasteiger partial charge < -0.3 is 5.32 Å². The van der Waals surface area contributed by atoms with Gasteiger partial charge in [0.15, 0.2) is 5.82 Å². The molecule has 1 amide bonds. The predicted molar refractivity (Wildman–Crippen MR) is 223 cm³/mol. The molecule has 0 spiro atoms. The molecule has 22 heteroatoms. The molecule has 9 rings (SSSR count). The SMILES string of the molecule is Cn1nc(NS(C)(=O)=O)c2c(Cl)ccc(-n3c([C@H](Cc4cc(F)cc(F)c4)NC(=O)Cn4nc(C(F)F)c5c4C(F)(F)[C@@H]4C[C@H]54)nc4cc(-c5ccc(Cl)cc5Cl)ccc4c3=O)c21. The molecule has 2 aliphatic carbocycles. The fourth-order valence-electron chi connectivity index (χ4n) is 8.47. The summed E-state index contributed by atoms with van der Waals surface area (Å²) in [5.74, 6) is -9.13.